The van der Waals surface area contributed by atoms with E-state index < -0.39 is 10.2 Å². The first-order valence-electron chi connectivity index (χ1n) is 12.3. The third kappa shape index (κ3) is 5.71. The predicted molar refractivity (Wildman–Crippen MR) is 126 cm³/mol. The Morgan fingerprint density at radius 2 is 1.78 bits per heavy atom. The van der Waals surface area contributed by atoms with Crippen molar-refractivity contribution in [3.63, 3.8) is 0 Å². The highest BCUT2D eigenvalue weighted by Gasteiger charge is 2.36. The van der Waals surface area contributed by atoms with Gasteiger partial charge in [-0.1, -0.05) is 31.2 Å². The number of amides is 1. The van der Waals surface area contributed by atoms with Gasteiger partial charge in [0.25, 0.3) is 10.2 Å². The summed E-state index contributed by atoms with van der Waals surface area (Å²) in [7, 11) is -3.46. The van der Waals surface area contributed by atoms with Gasteiger partial charge in [-0.3, -0.25) is 9.69 Å². The van der Waals surface area contributed by atoms with Crippen LogP contribution in [-0.4, -0.2) is 73.6 Å². The number of rotatable bonds is 7. The summed E-state index contributed by atoms with van der Waals surface area (Å²) in [5.74, 6) is 0.339. The van der Waals surface area contributed by atoms with Crippen LogP contribution in [0.2, 0.25) is 0 Å². The second kappa shape index (κ2) is 10.6. The molecule has 1 amide bonds. The Morgan fingerprint density at radius 1 is 1.03 bits per heavy atom. The molecule has 0 aliphatic carbocycles. The maximum atomic E-state index is 13.1. The van der Waals surface area contributed by atoms with Crippen molar-refractivity contribution in [1.82, 2.24) is 18.8 Å². The van der Waals surface area contributed by atoms with Gasteiger partial charge in [0.15, 0.2) is 0 Å². The first kappa shape index (κ1) is 23.7. The number of nitrogens with one attached hydrogen (secondary N) is 1. The molecule has 178 valence electrons. The average molecular weight is 463 g/mol. The normalized spacial score (nSPS) is 24.2. The molecule has 0 aromatic heterocycles. The van der Waals surface area contributed by atoms with Crippen molar-refractivity contribution >= 4 is 16.1 Å². The van der Waals surface area contributed by atoms with Crippen LogP contribution in [0.1, 0.15) is 50.2 Å². The molecule has 32 heavy (non-hydrogen) atoms. The lowest BCUT2D eigenvalue weighted by atomic mass is 9.98. The fraction of sp³-hybridized carbons (Fsp3) is 0.708. The Morgan fingerprint density at radius 3 is 2.56 bits per heavy atom. The Balaban J connectivity index is 1.20. The van der Waals surface area contributed by atoms with Crippen molar-refractivity contribution in [2.24, 2.45) is 11.8 Å². The van der Waals surface area contributed by atoms with Gasteiger partial charge < -0.3 is 5.32 Å². The van der Waals surface area contributed by atoms with E-state index in [0.717, 1.165) is 58.2 Å². The summed E-state index contributed by atoms with van der Waals surface area (Å²) in [6.45, 7) is 7.85. The average Bonchev–Trinajstić information content (AvgIpc) is 2.82. The summed E-state index contributed by atoms with van der Waals surface area (Å²) in [5.41, 5.74) is 2.86. The van der Waals surface area contributed by atoms with Crippen LogP contribution in [0, 0.1) is 11.8 Å². The van der Waals surface area contributed by atoms with Crippen molar-refractivity contribution in [3.05, 3.63) is 35.4 Å². The van der Waals surface area contributed by atoms with Crippen LogP contribution in [0.5, 0.6) is 0 Å². The lowest BCUT2D eigenvalue weighted by molar-refractivity contribution is -0.126. The monoisotopic (exact) mass is 462 g/mol. The Hall–Kier alpha value is -1.48. The minimum Gasteiger partial charge on any atom is -0.356 e. The lowest BCUT2D eigenvalue weighted by Gasteiger charge is -2.37. The van der Waals surface area contributed by atoms with E-state index in [-0.39, 0.29) is 11.8 Å². The maximum absolute atomic E-state index is 13.1. The zero-order chi connectivity index (χ0) is 22.6. The lowest BCUT2D eigenvalue weighted by Crippen LogP contribution is -2.52. The fourth-order valence-corrected chi connectivity index (χ4v) is 6.88. The molecule has 3 aliphatic heterocycles. The van der Waals surface area contributed by atoms with Gasteiger partial charge in [-0.05, 0) is 55.6 Å². The molecular weight excluding hydrogens is 424 g/mol. The number of hydrogen-bond donors (Lipinski definition) is 1. The van der Waals surface area contributed by atoms with E-state index in [1.54, 1.807) is 8.61 Å². The minimum absolute atomic E-state index is 0.00107. The summed E-state index contributed by atoms with van der Waals surface area (Å²) >= 11 is 0. The molecule has 2 fully saturated rings. The van der Waals surface area contributed by atoms with E-state index in [0.29, 0.717) is 38.6 Å². The van der Waals surface area contributed by atoms with Crippen molar-refractivity contribution < 1.29 is 13.2 Å². The van der Waals surface area contributed by atoms with Gasteiger partial charge >= 0.3 is 0 Å². The Kier molecular flexibility index (Phi) is 7.87. The van der Waals surface area contributed by atoms with Gasteiger partial charge in [-0.15, -0.1) is 0 Å². The number of piperidine rings is 2. The highest BCUT2D eigenvalue weighted by Crippen LogP contribution is 2.25. The van der Waals surface area contributed by atoms with Crippen molar-refractivity contribution in [3.8, 4) is 0 Å². The van der Waals surface area contributed by atoms with Gasteiger partial charge in [0.1, 0.15) is 0 Å². The molecule has 0 bridgehead atoms. The van der Waals surface area contributed by atoms with Crippen LogP contribution in [0.25, 0.3) is 0 Å². The molecule has 1 aromatic carbocycles. The van der Waals surface area contributed by atoms with E-state index >= 15 is 0 Å². The molecule has 4 rings (SSSR count). The number of hydrogen-bond acceptors (Lipinski definition) is 4. The molecule has 3 aliphatic rings. The molecule has 0 spiro atoms. The summed E-state index contributed by atoms with van der Waals surface area (Å²) in [5, 5.41) is 3.07. The van der Waals surface area contributed by atoms with Gasteiger partial charge in [0.2, 0.25) is 5.91 Å². The Bertz CT molecular complexity index is 883. The van der Waals surface area contributed by atoms with Gasteiger partial charge in [0.05, 0.1) is 5.92 Å². The quantitative estimate of drug-likeness (QED) is 0.631. The SMILES string of the molecule is CC1CCN(S(=O)(=O)N2CCC[C@@H](C(=O)NCCCN3CCc4ccccc4C3)C2)CC1. The molecule has 7 nitrogen and oxygen atoms in total. The summed E-state index contributed by atoms with van der Waals surface area (Å²) < 4.78 is 29.3. The predicted octanol–water partition coefficient (Wildman–Crippen LogP) is 2.24. The number of fused-ring (bicyclic) bond motifs is 1. The number of carbonyl (C=O) groups excluding carboxylic acids is 1. The first-order chi connectivity index (χ1) is 15.4. The highest BCUT2D eigenvalue weighted by atomic mass is 32.2. The molecule has 1 N–H and O–H groups in total. The summed E-state index contributed by atoms with van der Waals surface area (Å²) in [6.07, 6.45) is 5.34. The zero-order valence-corrected chi connectivity index (χ0v) is 20.2. The molecule has 1 aromatic rings. The van der Waals surface area contributed by atoms with E-state index in [1.807, 2.05) is 0 Å². The van der Waals surface area contributed by atoms with Gasteiger partial charge in [0, 0.05) is 52.4 Å². The number of nitrogens with zero attached hydrogens (tertiary/aromatic N) is 3. The molecule has 1 atom stereocenters. The fourth-order valence-electron chi connectivity index (χ4n) is 5.15. The minimum atomic E-state index is -3.46. The first-order valence-corrected chi connectivity index (χ1v) is 13.7. The standard InChI is InChI=1S/C24H38N4O3S/c1-20-9-16-27(17-10-20)32(30,31)28-14-4-8-23(19-28)24(29)25-12-5-13-26-15-11-21-6-2-3-7-22(21)18-26/h2-3,6-7,20,23H,4-5,8-19H2,1H3,(H,25,29)/t23-/m1/s1. The topological polar surface area (TPSA) is 73.0 Å². The van der Waals surface area contributed by atoms with Crippen LogP contribution in [0.15, 0.2) is 24.3 Å². The molecule has 0 unspecified atom stereocenters. The third-order valence-electron chi connectivity index (χ3n) is 7.31. The molecule has 0 radical (unpaired) electrons. The molecular formula is C24H38N4O3S. The second-order valence-corrected chi connectivity index (χ2v) is 11.7. The van der Waals surface area contributed by atoms with E-state index in [1.165, 1.54) is 11.1 Å². The van der Waals surface area contributed by atoms with Crippen LogP contribution in [0.3, 0.4) is 0 Å². The van der Waals surface area contributed by atoms with Crippen molar-refractivity contribution in [2.45, 2.75) is 52.0 Å². The van der Waals surface area contributed by atoms with E-state index in [4.69, 9.17) is 0 Å². The van der Waals surface area contributed by atoms with Crippen LogP contribution < -0.4 is 5.32 Å². The smallest absolute Gasteiger partial charge is 0.281 e. The largest absolute Gasteiger partial charge is 0.356 e. The molecule has 0 saturated carbocycles. The van der Waals surface area contributed by atoms with E-state index in [2.05, 4.69) is 41.4 Å². The van der Waals surface area contributed by atoms with Crippen LogP contribution >= 0.6 is 0 Å². The Labute approximate surface area is 193 Å². The van der Waals surface area contributed by atoms with Crippen LogP contribution in [0.4, 0.5) is 0 Å². The third-order valence-corrected chi connectivity index (χ3v) is 9.31. The van der Waals surface area contributed by atoms with E-state index in [9.17, 15) is 13.2 Å². The number of carbonyl (C=O) groups is 1. The van der Waals surface area contributed by atoms with Gasteiger partial charge in [-0.25, -0.2) is 0 Å². The summed E-state index contributed by atoms with van der Waals surface area (Å²) in [4.78, 5) is 15.2. The highest BCUT2D eigenvalue weighted by molar-refractivity contribution is 7.86. The molecule has 2 saturated heterocycles. The molecule has 8 heteroatoms. The summed E-state index contributed by atoms with van der Waals surface area (Å²) in [6, 6.07) is 8.62. The van der Waals surface area contributed by atoms with Gasteiger partial charge in [-0.2, -0.15) is 17.0 Å². The maximum Gasteiger partial charge on any atom is 0.281 e. The van der Waals surface area contributed by atoms with Crippen molar-refractivity contribution in [1.29, 1.82) is 0 Å². The second-order valence-electron chi connectivity index (χ2n) is 9.73. The number of benzene rings is 1. The molecule has 3 heterocycles. The van der Waals surface area contributed by atoms with Crippen molar-refractivity contribution in [2.75, 3.05) is 45.8 Å². The van der Waals surface area contributed by atoms with Crippen LogP contribution in [-0.2, 0) is 28.0 Å². The zero-order valence-electron chi connectivity index (χ0n) is 19.3.